The number of carbonyl (C=O) groups excluding carboxylic acids is 2. The van der Waals surface area contributed by atoms with Crippen molar-refractivity contribution in [3.63, 3.8) is 0 Å². The molecule has 202 valence electrons. The van der Waals surface area contributed by atoms with Crippen LogP contribution in [0.25, 0.3) is 11.1 Å². The van der Waals surface area contributed by atoms with Crippen molar-refractivity contribution in [2.45, 2.75) is 48.8 Å². The van der Waals surface area contributed by atoms with E-state index in [0.29, 0.717) is 0 Å². The van der Waals surface area contributed by atoms with Crippen molar-refractivity contribution in [1.29, 1.82) is 0 Å². The molecule has 1 atom stereocenters. The molecule has 1 unspecified atom stereocenters. The van der Waals surface area contributed by atoms with E-state index >= 15 is 4.39 Å². The van der Waals surface area contributed by atoms with Crippen LogP contribution < -0.4 is 10.6 Å². The Labute approximate surface area is 205 Å². The molecular weight excluding hydrogens is 540 g/mol. The van der Waals surface area contributed by atoms with Gasteiger partial charge in [0.25, 0.3) is 9.84 Å². The molecule has 1 aliphatic rings. The highest BCUT2D eigenvalue weighted by Gasteiger charge is 2.55. The predicted octanol–water partition coefficient (Wildman–Crippen LogP) is 4.45. The molecule has 15 heteroatoms. The van der Waals surface area contributed by atoms with Crippen LogP contribution in [0.3, 0.4) is 0 Å². The van der Waals surface area contributed by atoms with Crippen molar-refractivity contribution in [3.05, 3.63) is 59.2 Å². The average Bonchev–Trinajstić information content (AvgIpc) is 3.54. The second-order valence-corrected chi connectivity index (χ2v) is 10.4. The van der Waals surface area contributed by atoms with Gasteiger partial charge in [-0.2, -0.15) is 26.3 Å². The molecular formula is C22H18F8N2O4S. The van der Waals surface area contributed by atoms with E-state index in [4.69, 9.17) is 0 Å². The van der Waals surface area contributed by atoms with Crippen molar-refractivity contribution in [3.8, 4) is 11.1 Å². The van der Waals surface area contributed by atoms with Gasteiger partial charge in [-0.25, -0.2) is 17.2 Å². The van der Waals surface area contributed by atoms with E-state index in [0.717, 1.165) is 31.2 Å². The van der Waals surface area contributed by atoms with Crippen LogP contribution in [0.1, 0.15) is 36.9 Å². The molecule has 2 N–H and O–H groups in total. The lowest BCUT2D eigenvalue weighted by Gasteiger charge is -2.23. The van der Waals surface area contributed by atoms with Crippen LogP contribution in [0.5, 0.6) is 0 Å². The molecule has 0 spiro atoms. The van der Waals surface area contributed by atoms with Crippen LogP contribution in [0, 0.1) is 11.6 Å². The number of alkyl halides is 6. The molecule has 2 aromatic carbocycles. The number of sulfone groups is 1. The first-order valence-electron chi connectivity index (χ1n) is 10.4. The Morgan fingerprint density at radius 2 is 1.65 bits per heavy atom. The van der Waals surface area contributed by atoms with E-state index in [1.54, 1.807) is 5.32 Å². The van der Waals surface area contributed by atoms with Gasteiger partial charge in [0.15, 0.2) is 0 Å². The van der Waals surface area contributed by atoms with E-state index in [-0.39, 0.29) is 24.0 Å². The molecule has 6 nitrogen and oxygen atoms in total. The van der Waals surface area contributed by atoms with Crippen LogP contribution in [-0.4, -0.2) is 37.5 Å². The normalized spacial score (nSPS) is 16.1. The Kier molecular flexibility index (Phi) is 7.34. The second-order valence-electron chi connectivity index (χ2n) is 8.44. The lowest BCUT2D eigenvalue weighted by atomic mass is 9.95. The predicted molar refractivity (Wildman–Crippen MR) is 113 cm³/mol. The molecule has 2 aromatic rings. The molecule has 0 aliphatic heterocycles. The van der Waals surface area contributed by atoms with E-state index in [2.05, 4.69) is 5.32 Å². The van der Waals surface area contributed by atoms with Gasteiger partial charge in [-0.05, 0) is 43.0 Å². The fraction of sp³-hybridized carbons (Fsp3) is 0.364. The van der Waals surface area contributed by atoms with Gasteiger partial charge in [0, 0.05) is 11.1 Å². The van der Waals surface area contributed by atoms with E-state index in [1.165, 1.54) is 12.1 Å². The standard InChI is InChI=1S/C22H18F8N2O4S/c1-11(31-18(33)20(7-8-20)32-19(34)21(25,26)27)14-5-6-15(12-3-2-4-13(23)9-12)16(17(14)24)10-37(35,36)22(28,29)30/h2-6,9,11H,7-8,10H2,1H3,(H,31,33)(H,32,34). The van der Waals surface area contributed by atoms with E-state index in [9.17, 15) is 48.7 Å². The van der Waals surface area contributed by atoms with Crippen molar-refractivity contribution in [2.24, 2.45) is 0 Å². The van der Waals surface area contributed by atoms with Crippen molar-refractivity contribution >= 4 is 21.7 Å². The number of benzene rings is 2. The molecule has 0 bridgehead atoms. The molecule has 2 amide bonds. The Balaban J connectivity index is 1.98. The highest BCUT2D eigenvalue weighted by atomic mass is 32.2. The summed E-state index contributed by atoms with van der Waals surface area (Å²) in [6.45, 7) is 1.15. The summed E-state index contributed by atoms with van der Waals surface area (Å²) in [6.07, 6.45) is -5.56. The van der Waals surface area contributed by atoms with Crippen LogP contribution in [-0.2, 0) is 25.2 Å². The van der Waals surface area contributed by atoms with Gasteiger partial charge in [0.2, 0.25) is 5.91 Å². The first kappa shape index (κ1) is 28.3. The first-order valence-corrected chi connectivity index (χ1v) is 12.1. The summed E-state index contributed by atoms with van der Waals surface area (Å²) in [6, 6.07) is 4.92. The molecule has 3 rings (SSSR count). The van der Waals surface area contributed by atoms with Gasteiger partial charge in [-0.15, -0.1) is 0 Å². The van der Waals surface area contributed by atoms with Gasteiger partial charge < -0.3 is 10.6 Å². The van der Waals surface area contributed by atoms with Crippen molar-refractivity contribution < 1.29 is 53.1 Å². The summed E-state index contributed by atoms with van der Waals surface area (Å²) in [5, 5.41) is 3.76. The second kappa shape index (κ2) is 9.58. The zero-order valence-electron chi connectivity index (χ0n) is 18.7. The maximum absolute atomic E-state index is 15.5. The lowest BCUT2D eigenvalue weighted by molar-refractivity contribution is -0.175. The van der Waals surface area contributed by atoms with Gasteiger partial charge in [-0.3, -0.25) is 9.59 Å². The molecule has 1 saturated carbocycles. The van der Waals surface area contributed by atoms with Gasteiger partial charge in [0.05, 0.1) is 11.8 Å². The fourth-order valence-corrected chi connectivity index (χ4v) is 4.37. The Morgan fingerprint density at radius 1 is 1.03 bits per heavy atom. The lowest BCUT2D eigenvalue weighted by Crippen LogP contribution is -2.53. The minimum atomic E-state index is -5.90. The number of carbonyl (C=O) groups is 2. The third kappa shape index (κ3) is 6.02. The zero-order chi connectivity index (χ0) is 28.0. The van der Waals surface area contributed by atoms with Crippen LogP contribution in [0.2, 0.25) is 0 Å². The largest absolute Gasteiger partial charge is 0.497 e. The highest BCUT2D eigenvalue weighted by Crippen LogP contribution is 2.39. The molecule has 1 fully saturated rings. The SMILES string of the molecule is CC(NC(=O)C1(NC(=O)C(F)(F)F)CC1)c1ccc(-c2cccc(F)c2)c(CS(=O)(=O)C(F)(F)F)c1F. The summed E-state index contributed by atoms with van der Waals surface area (Å²) in [4.78, 5) is 23.8. The van der Waals surface area contributed by atoms with Crippen LogP contribution in [0.4, 0.5) is 35.1 Å². The Bertz CT molecular complexity index is 1340. The molecule has 1 aliphatic carbocycles. The smallest absolute Gasteiger partial charge is 0.347 e. The zero-order valence-corrected chi connectivity index (χ0v) is 19.5. The molecule has 0 saturated heterocycles. The number of rotatable bonds is 7. The van der Waals surface area contributed by atoms with Gasteiger partial charge >= 0.3 is 17.6 Å². The Morgan fingerprint density at radius 3 is 2.16 bits per heavy atom. The first-order chi connectivity index (χ1) is 16.9. The summed E-state index contributed by atoms with van der Waals surface area (Å²) in [5.41, 5.74) is -9.55. The van der Waals surface area contributed by atoms with Gasteiger partial charge in [-0.1, -0.05) is 24.3 Å². The van der Waals surface area contributed by atoms with Crippen LogP contribution in [0.15, 0.2) is 36.4 Å². The van der Waals surface area contributed by atoms with Crippen LogP contribution >= 0.6 is 0 Å². The highest BCUT2D eigenvalue weighted by molar-refractivity contribution is 7.91. The van der Waals surface area contributed by atoms with E-state index in [1.807, 2.05) is 0 Å². The Hall–Kier alpha value is -3.23. The molecule has 0 radical (unpaired) electrons. The molecule has 0 aromatic heterocycles. The number of halogens is 8. The number of nitrogens with one attached hydrogen (secondary N) is 2. The van der Waals surface area contributed by atoms with E-state index < -0.39 is 73.4 Å². The van der Waals surface area contributed by atoms with Crippen molar-refractivity contribution in [1.82, 2.24) is 10.6 Å². The number of hydrogen-bond donors (Lipinski definition) is 2. The quantitative estimate of drug-likeness (QED) is 0.492. The minimum Gasteiger partial charge on any atom is -0.347 e. The summed E-state index contributed by atoms with van der Waals surface area (Å²) >= 11 is 0. The molecule has 0 heterocycles. The monoisotopic (exact) mass is 558 g/mol. The summed E-state index contributed by atoms with van der Waals surface area (Å²) in [7, 11) is -5.90. The average molecular weight is 558 g/mol. The fourth-order valence-electron chi connectivity index (χ4n) is 3.55. The summed E-state index contributed by atoms with van der Waals surface area (Å²) < 4.78 is 130. The summed E-state index contributed by atoms with van der Waals surface area (Å²) in [5.74, 6) is -7.59. The molecule has 37 heavy (non-hydrogen) atoms. The maximum atomic E-state index is 15.5. The van der Waals surface area contributed by atoms with Gasteiger partial charge in [0.1, 0.15) is 17.2 Å². The van der Waals surface area contributed by atoms with Crippen molar-refractivity contribution in [2.75, 3.05) is 0 Å². The third-order valence-corrected chi connectivity index (χ3v) is 7.08. The third-order valence-electron chi connectivity index (χ3n) is 5.70. The maximum Gasteiger partial charge on any atom is 0.497 e. The topological polar surface area (TPSA) is 92.3 Å². The number of amides is 2. The number of hydrogen-bond acceptors (Lipinski definition) is 4. The minimum absolute atomic E-state index is 0.124.